The van der Waals surface area contributed by atoms with Crippen LogP contribution in [-0.4, -0.2) is 24.1 Å². The number of rotatable bonds is 1. The minimum atomic E-state index is 0.638. The van der Waals surface area contributed by atoms with Crippen molar-refractivity contribution < 1.29 is 0 Å². The molecule has 2 heterocycles. The number of nitrogen functional groups attached to an aromatic ring is 1. The number of hydrogen-bond acceptors (Lipinski definition) is 5. The topological polar surface area (TPSA) is 55.0 Å². The molecule has 0 saturated heterocycles. The predicted molar refractivity (Wildman–Crippen MR) is 55.8 cm³/mol. The third kappa shape index (κ3) is 1.44. The SMILES string of the molecule is CN(C)c1nc(N)c2c(n1)CSC2. The molecule has 1 aliphatic rings. The van der Waals surface area contributed by atoms with Crippen LogP contribution in [0.5, 0.6) is 0 Å². The van der Waals surface area contributed by atoms with Gasteiger partial charge >= 0.3 is 0 Å². The van der Waals surface area contributed by atoms with Crippen molar-refractivity contribution in [3.8, 4) is 0 Å². The van der Waals surface area contributed by atoms with Gasteiger partial charge in [0.25, 0.3) is 0 Å². The molecule has 1 aromatic rings. The molecular weight excluding hydrogens is 184 g/mol. The molecule has 4 nitrogen and oxygen atoms in total. The van der Waals surface area contributed by atoms with E-state index in [0.29, 0.717) is 11.8 Å². The zero-order valence-electron chi connectivity index (χ0n) is 7.74. The summed E-state index contributed by atoms with van der Waals surface area (Å²) in [6, 6.07) is 0. The van der Waals surface area contributed by atoms with E-state index in [1.165, 1.54) is 0 Å². The van der Waals surface area contributed by atoms with Crippen LogP contribution in [0.4, 0.5) is 11.8 Å². The molecule has 0 fully saturated rings. The number of nitrogens with zero attached hydrogens (tertiary/aromatic N) is 3. The fourth-order valence-electron chi connectivity index (χ4n) is 1.26. The predicted octanol–water partition coefficient (Wildman–Crippen LogP) is 0.872. The number of nitrogens with two attached hydrogens (primary N) is 1. The fraction of sp³-hybridized carbons (Fsp3) is 0.500. The first kappa shape index (κ1) is 8.62. The molecule has 0 aromatic carbocycles. The van der Waals surface area contributed by atoms with Crippen LogP contribution >= 0.6 is 11.8 Å². The van der Waals surface area contributed by atoms with Gasteiger partial charge in [0, 0.05) is 31.2 Å². The van der Waals surface area contributed by atoms with Crippen LogP contribution in [0.3, 0.4) is 0 Å². The number of thioether (sulfide) groups is 1. The molecule has 13 heavy (non-hydrogen) atoms. The summed E-state index contributed by atoms with van der Waals surface area (Å²) in [5, 5.41) is 0. The second kappa shape index (κ2) is 3.06. The second-order valence-corrected chi connectivity index (χ2v) is 4.21. The van der Waals surface area contributed by atoms with Crippen LogP contribution in [0, 0.1) is 0 Å². The normalized spacial score (nSPS) is 14.3. The summed E-state index contributed by atoms with van der Waals surface area (Å²) in [4.78, 5) is 10.5. The van der Waals surface area contributed by atoms with Gasteiger partial charge in [-0.2, -0.15) is 16.7 Å². The molecule has 0 amide bonds. The van der Waals surface area contributed by atoms with Crippen molar-refractivity contribution in [1.82, 2.24) is 9.97 Å². The highest BCUT2D eigenvalue weighted by Crippen LogP contribution is 2.32. The van der Waals surface area contributed by atoms with Crippen molar-refractivity contribution in [1.29, 1.82) is 0 Å². The molecule has 0 saturated carbocycles. The summed E-state index contributed by atoms with van der Waals surface area (Å²) in [5.74, 6) is 3.26. The molecule has 0 atom stereocenters. The van der Waals surface area contributed by atoms with Gasteiger partial charge in [0.1, 0.15) is 5.82 Å². The van der Waals surface area contributed by atoms with Crippen molar-refractivity contribution in [2.45, 2.75) is 11.5 Å². The van der Waals surface area contributed by atoms with E-state index in [1.807, 2.05) is 30.8 Å². The number of hydrogen-bond donors (Lipinski definition) is 1. The highest BCUT2D eigenvalue weighted by molar-refractivity contribution is 7.98. The summed E-state index contributed by atoms with van der Waals surface area (Å²) in [6.45, 7) is 0. The Kier molecular flexibility index (Phi) is 2.03. The molecule has 0 radical (unpaired) electrons. The van der Waals surface area contributed by atoms with Gasteiger partial charge in [-0.3, -0.25) is 0 Å². The number of anilines is 2. The molecule has 0 spiro atoms. The van der Waals surface area contributed by atoms with Gasteiger partial charge in [-0.25, -0.2) is 4.98 Å². The maximum Gasteiger partial charge on any atom is 0.227 e. The lowest BCUT2D eigenvalue weighted by Gasteiger charge is -2.12. The van der Waals surface area contributed by atoms with Crippen LogP contribution in [0.2, 0.25) is 0 Å². The Hall–Kier alpha value is -0.970. The molecule has 0 bridgehead atoms. The fourth-order valence-corrected chi connectivity index (χ4v) is 2.32. The highest BCUT2D eigenvalue weighted by atomic mass is 32.2. The van der Waals surface area contributed by atoms with E-state index in [0.717, 1.165) is 22.8 Å². The van der Waals surface area contributed by atoms with E-state index >= 15 is 0 Å². The van der Waals surface area contributed by atoms with Crippen LogP contribution in [0.25, 0.3) is 0 Å². The van der Waals surface area contributed by atoms with Gasteiger partial charge < -0.3 is 10.6 Å². The smallest absolute Gasteiger partial charge is 0.227 e. The Morgan fingerprint density at radius 2 is 2.08 bits per heavy atom. The first-order valence-electron chi connectivity index (χ1n) is 4.09. The van der Waals surface area contributed by atoms with Crippen molar-refractivity contribution >= 4 is 23.5 Å². The Bertz CT molecular complexity index is 337. The minimum Gasteiger partial charge on any atom is -0.383 e. The van der Waals surface area contributed by atoms with E-state index in [1.54, 1.807) is 0 Å². The van der Waals surface area contributed by atoms with Crippen LogP contribution < -0.4 is 10.6 Å². The van der Waals surface area contributed by atoms with Crippen LogP contribution in [0.15, 0.2) is 0 Å². The highest BCUT2D eigenvalue weighted by Gasteiger charge is 2.18. The summed E-state index contributed by atoms with van der Waals surface area (Å²) in [7, 11) is 3.84. The molecule has 70 valence electrons. The summed E-state index contributed by atoms with van der Waals surface area (Å²) in [6.07, 6.45) is 0. The Balaban J connectivity index is 2.49. The van der Waals surface area contributed by atoms with Crippen LogP contribution in [0.1, 0.15) is 11.3 Å². The van der Waals surface area contributed by atoms with Gasteiger partial charge in [0.15, 0.2) is 0 Å². The molecular formula is C8H12N4S. The third-order valence-electron chi connectivity index (χ3n) is 2.00. The summed E-state index contributed by atoms with van der Waals surface area (Å²) < 4.78 is 0. The van der Waals surface area contributed by atoms with Crippen molar-refractivity contribution in [3.63, 3.8) is 0 Å². The molecule has 0 aliphatic carbocycles. The molecule has 1 aliphatic heterocycles. The van der Waals surface area contributed by atoms with Gasteiger partial charge in [0.2, 0.25) is 5.95 Å². The van der Waals surface area contributed by atoms with Crippen molar-refractivity contribution in [2.75, 3.05) is 24.7 Å². The zero-order chi connectivity index (χ0) is 9.42. The Morgan fingerprint density at radius 3 is 2.77 bits per heavy atom. The van der Waals surface area contributed by atoms with E-state index in [9.17, 15) is 0 Å². The van der Waals surface area contributed by atoms with E-state index in [4.69, 9.17) is 5.73 Å². The lowest BCUT2D eigenvalue weighted by molar-refractivity contribution is 0.969. The standard InChI is InChI=1S/C8H12N4S/c1-12(2)8-10-6-4-13-3-5(6)7(9)11-8/h3-4H2,1-2H3,(H2,9,10,11). The molecule has 1 aromatic heterocycles. The van der Waals surface area contributed by atoms with Gasteiger partial charge in [0.05, 0.1) is 5.69 Å². The first-order valence-corrected chi connectivity index (χ1v) is 5.24. The summed E-state index contributed by atoms with van der Waals surface area (Å²) >= 11 is 1.84. The first-order chi connectivity index (χ1) is 6.18. The van der Waals surface area contributed by atoms with E-state index in [2.05, 4.69) is 9.97 Å². The second-order valence-electron chi connectivity index (χ2n) is 3.22. The Labute approximate surface area is 81.5 Å². The summed E-state index contributed by atoms with van der Waals surface area (Å²) in [5.41, 5.74) is 8.04. The van der Waals surface area contributed by atoms with Gasteiger partial charge in [-0.15, -0.1) is 0 Å². The lowest BCUT2D eigenvalue weighted by atomic mass is 10.2. The molecule has 5 heteroatoms. The molecule has 2 rings (SSSR count). The maximum atomic E-state index is 5.82. The molecule has 0 unspecified atom stereocenters. The largest absolute Gasteiger partial charge is 0.383 e. The van der Waals surface area contributed by atoms with Gasteiger partial charge in [-0.1, -0.05) is 0 Å². The monoisotopic (exact) mass is 196 g/mol. The third-order valence-corrected chi connectivity index (χ3v) is 2.97. The lowest BCUT2D eigenvalue weighted by Crippen LogP contribution is -2.15. The average molecular weight is 196 g/mol. The Morgan fingerprint density at radius 1 is 1.31 bits per heavy atom. The number of aromatic nitrogens is 2. The van der Waals surface area contributed by atoms with Crippen molar-refractivity contribution in [3.05, 3.63) is 11.3 Å². The number of fused-ring (bicyclic) bond motifs is 1. The van der Waals surface area contributed by atoms with E-state index in [-0.39, 0.29) is 0 Å². The average Bonchev–Trinajstić information content (AvgIpc) is 2.51. The van der Waals surface area contributed by atoms with Gasteiger partial charge in [-0.05, 0) is 0 Å². The van der Waals surface area contributed by atoms with E-state index < -0.39 is 0 Å². The molecule has 2 N–H and O–H groups in total. The zero-order valence-corrected chi connectivity index (χ0v) is 8.56. The van der Waals surface area contributed by atoms with Crippen LogP contribution in [-0.2, 0) is 11.5 Å². The van der Waals surface area contributed by atoms with Crippen molar-refractivity contribution in [2.24, 2.45) is 0 Å². The minimum absolute atomic E-state index is 0.638. The quantitative estimate of drug-likeness (QED) is 0.722. The maximum absolute atomic E-state index is 5.82.